The fraction of sp³-hybridized carbons (Fsp3) is 0.593. The zero-order valence-electron chi connectivity index (χ0n) is 19.9. The minimum atomic E-state index is -0.771. The van der Waals surface area contributed by atoms with Crippen LogP contribution in [-0.4, -0.2) is 34.7 Å². The molecule has 0 saturated heterocycles. The van der Waals surface area contributed by atoms with Gasteiger partial charge in [0.1, 0.15) is 11.8 Å². The van der Waals surface area contributed by atoms with Gasteiger partial charge in [0.15, 0.2) is 0 Å². The van der Waals surface area contributed by atoms with Crippen molar-refractivity contribution in [2.75, 3.05) is 6.54 Å². The molecule has 0 amide bonds. The SMILES string of the molecule is CCCN(Cc1ccc2cc(OC3CCC(C(C)(C)C)CC3)ccc2c1)[C@@H](C)C(=O)O. The molecule has 1 saturated carbocycles. The Morgan fingerprint density at radius 1 is 1.10 bits per heavy atom. The standard InChI is InChI=1S/C27H39NO3/c1-6-15-28(19(2)26(29)30)18-20-7-8-22-17-25(12-9-21(22)16-20)31-24-13-10-23(11-14-24)27(3,4)5/h7-9,12,16-17,19,23-24H,6,10-11,13-15,18H2,1-5H3,(H,29,30)/t19-,23?,24?/m0/s1. The molecule has 0 unspecified atom stereocenters. The Labute approximate surface area is 187 Å². The second-order valence-electron chi connectivity index (χ2n) is 10.3. The number of ether oxygens (including phenoxy) is 1. The van der Waals surface area contributed by atoms with Gasteiger partial charge in [0.25, 0.3) is 0 Å². The summed E-state index contributed by atoms with van der Waals surface area (Å²) >= 11 is 0. The van der Waals surface area contributed by atoms with E-state index in [1.165, 1.54) is 18.2 Å². The third-order valence-electron chi connectivity index (χ3n) is 6.88. The maximum absolute atomic E-state index is 11.4. The van der Waals surface area contributed by atoms with Crippen LogP contribution in [-0.2, 0) is 11.3 Å². The summed E-state index contributed by atoms with van der Waals surface area (Å²) in [6.45, 7) is 12.3. The maximum atomic E-state index is 11.4. The first-order chi connectivity index (χ1) is 14.7. The summed E-state index contributed by atoms with van der Waals surface area (Å²) in [4.78, 5) is 13.5. The van der Waals surface area contributed by atoms with Gasteiger partial charge in [-0.3, -0.25) is 9.69 Å². The molecule has 3 rings (SSSR count). The van der Waals surface area contributed by atoms with E-state index in [0.717, 1.165) is 48.4 Å². The number of aliphatic carboxylic acids is 1. The highest BCUT2D eigenvalue weighted by molar-refractivity contribution is 5.84. The van der Waals surface area contributed by atoms with Crippen molar-refractivity contribution in [3.63, 3.8) is 0 Å². The van der Waals surface area contributed by atoms with E-state index in [9.17, 15) is 9.90 Å². The lowest BCUT2D eigenvalue weighted by atomic mass is 9.72. The average Bonchev–Trinajstić information content (AvgIpc) is 2.72. The lowest BCUT2D eigenvalue weighted by molar-refractivity contribution is -0.142. The van der Waals surface area contributed by atoms with Gasteiger partial charge in [-0.1, -0.05) is 45.9 Å². The summed E-state index contributed by atoms with van der Waals surface area (Å²) in [5.41, 5.74) is 1.53. The Morgan fingerprint density at radius 2 is 1.74 bits per heavy atom. The van der Waals surface area contributed by atoms with Crippen LogP contribution in [0.1, 0.15) is 72.3 Å². The molecular weight excluding hydrogens is 386 g/mol. The van der Waals surface area contributed by atoms with E-state index in [1.807, 2.05) is 4.90 Å². The Bertz CT molecular complexity index is 878. The smallest absolute Gasteiger partial charge is 0.320 e. The summed E-state index contributed by atoms with van der Waals surface area (Å²) in [6, 6.07) is 12.3. The molecule has 1 fully saturated rings. The zero-order valence-corrected chi connectivity index (χ0v) is 19.9. The first kappa shape index (κ1) is 23.6. The number of benzene rings is 2. The second kappa shape index (κ2) is 10.0. The molecule has 1 aliphatic rings. The van der Waals surface area contributed by atoms with Crippen LogP contribution < -0.4 is 4.74 Å². The van der Waals surface area contributed by atoms with Crippen LogP contribution in [0.3, 0.4) is 0 Å². The molecule has 0 spiro atoms. The molecule has 4 nitrogen and oxygen atoms in total. The van der Waals surface area contributed by atoms with E-state index in [-0.39, 0.29) is 0 Å². The van der Waals surface area contributed by atoms with Gasteiger partial charge in [-0.15, -0.1) is 0 Å². The molecular formula is C27H39NO3. The van der Waals surface area contributed by atoms with Crippen LogP contribution in [0.5, 0.6) is 5.75 Å². The van der Waals surface area contributed by atoms with Crippen molar-refractivity contribution in [2.24, 2.45) is 11.3 Å². The quantitative estimate of drug-likeness (QED) is 0.524. The lowest BCUT2D eigenvalue weighted by Crippen LogP contribution is -2.38. The monoisotopic (exact) mass is 425 g/mol. The Morgan fingerprint density at radius 3 is 2.35 bits per heavy atom. The second-order valence-corrected chi connectivity index (χ2v) is 10.3. The van der Waals surface area contributed by atoms with E-state index in [0.29, 0.717) is 18.1 Å². The number of hydrogen-bond acceptors (Lipinski definition) is 3. The van der Waals surface area contributed by atoms with Crippen LogP contribution in [0.4, 0.5) is 0 Å². The van der Waals surface area contributed by atoms with Gasteiger partial charge in [-0.25, -0.2) is 0 Å². The highest BCUT2D eigenvalue weighted by atomic mass is 16.5. The number of carbonyl (C=O) groups is 1. The maximum Gasteiger partial charge on any atom is 0.320 e. The predicted octanol–water partition coefficient (Wildman–Crippen LogP) is 6.51. The van der Waals surface area contributed by atoms with E-state index in [1.54, 1.807) is 6.92 Å². The zero-order chi connectivity index (χ0) is 22.6. The Balaban J connectivity index is 1.65. The summed E-state index contributed by atoms with van der Waals surface area (Å²) in [7, 11) is 0. The average molecular weight is 426 g/mol. The van der Waals surface area contributed by atoms with Crippen molar-refractivity contribution < 1.29 is 14.6 Å². The van der Waals surface area contributed by atoms with Crippen molar-refractivity contribution in [3.8, 4) is 5.75 Å². The molecule has 2 aromatic carbocycles. The van der Waals surface area contributed by atoms with Crippen molar-refractivity contribution >= 4 is 16.7 Å². The van der Waals surface area contributed by atoms with E-state index in [2.05, 4.69) is 64.1 Å². The third kappa shape index (κ3) is 6.22. The molecule has 31 heavy (non-hydrogen) atoms. The van der Waals surface area contributed by atoms with Crippen LogP contribution in [0.2, 0.25) is 0 Å². The van der Waals surface area contributed by atoms with Crippen molar-refractivity contribution in [3.05, 3.63) is 42.0 Å². The number of carboxylic acids is 1. The molecule has 1 N–H and O–H groups in total. The van der Waals surface area contributed by atoms with Gasteiger partial charge < -0.3 is 9.84 Å². The summed E-state index contributed by atoms with van der Waals surface area (Å²) in [6.07, 6.45) is 6.00. The molecule has 0 heterocycles. The minimum absolute atomic E-state index is 0.315. The normalized spacial score (nSPS) is 20.7. The van der Waals surface area contributed by atoms with Crippen molar-refractivity contribution in [1.82, 2.24) is 4.90 Å². The largest absolute Gasteiger partial charge is 0.490 e. The molecule has 2 aromatic rings. The van der Waals surface area contributed by atoms with Crippen LogP contribution in [0.15, 0.2) is 36.4 Å². The van der Waals surface area contributed by atoms with Gasteiger partial charge in [0.2, 0.25) is 0 Å². The van der Waals surface area contributed by atoms with Crippen LogP contribution in [0, 0.1) is 11.3 Å². The van der Waals surface area contributed by atoms with E-state index >= 15 is 0 Å². The van der Waals surface area contributed by atoms with Crippen LogP contribution >= 0.6 is 0 Å². The molecule has 1 atom stereocenters. The molecule has 0 bridgehead atoms. The topological polar surface area (TPSA) is 49.8 Å². The first-order valence-corrected chi connectivity index (χ1v) is 11.8. The van der Waals surface area contributed by atoms with Gasteiger partial charge in [0, 0.05) is 6.54 Å². The predicted molar refractivity (Wildman–Crippen MR) is 128 cm³/mol. The van der Waals surface area contributed by atoms with Crippen molar-refractivity contribution in [1.29, 1.82) is 0 Å². The van der Waals surface area contributed by atoms with Crippen molar-refractivity contribution in [2.45, 2.75) is 85.4 Å². The first-order valence-electron chi connectivity index (χ1n) is 11.8. The Kier molecular flexibility index (Phi) is 7.64. The number of fused-ring (bicyclic) bond motifs is 1. The molecule has 0 aliphatic heterocycles. The highest BCUT2D eigenvalue weighted by Crippen LogP contribution is 2.39. The fourth-order valence-electron chi connectivity index (χ4n) is 4.77. The molecule has 0 aromatic heterocycles. The van der Waals surface area contributed by atoms with E-state index in [4.69, 9.17) is 4.74 Å². The number of rotatable bonds is 8. The summed E-state index contributed by atoms with van der Waals surface area (Å²) in [5, 5.41) is 11.7. The van der Waals surface area contributed by atoms with E-state index < -0.39 is 12.0 Å². The molecule has 0 radical (unpaired) electrons. The van der Waals surface area contributed by atoms with Gasteiger partial charge in [-0.05, 0) is 91.4 Å². The molecule has 1 aliphatic carbocycles. The summed E-state index contributed by atoms with van der Waals surface area (Å²) < 4.78 is 6.34. The number of hydrogen-bond donors (Lipinski definition) is 1. The highest BCUT2D eigenvalue weighted by Gasteiger charge is 2.30. The Hall–Kier alpha value is -2.07. The summed E-state index contributed by atoms with van der Waals surface area (Å²) in [5.74, 6) is 0.970. The van der Waals surface area contributed by atoms with Gasteiger partial charge in [0.05, 0.1) is 6.10 Å². The molecule has 4 heteroatoms. The third-order valence-corrected chi connectivity index (χ3v) is 6.88. The lowest BCUT2D eigenvalue weighted by Gasteiger charge is -2.37. The van der Waals surface area contributed by atoms with Crippen LogP contribution in [0.25, 0.3) is 10.8 Å². The fourth-order valence-corrected chi connectivity index (χ4v) is 4.77. The minimum Gasteiger partial charge on any atom is -0.490 e. The number of carboxylic acid groups (broad SMARTS) is 1. The van der Waals surface area contributed by atoms with Gasteiger partial charge in [-0.2, -0.15) is 0 Å². The van der Waals surface area contributed by atoms with Gasteiger partial charge >= 0.3 is 5.97 Å². The number of nitrogens with zero attached hydrogens (tertiary/aromatic N) is 1. The molecule has 170 valence electrons.